The topological polar surface area (TPSA) is 63.4 Å². The molecule has 2 amide bonds. The Bertz CT molecular complexity index is 669. The van der Waals surface area contributed by atoms with Crippen LogP contribution in [0.1, 0.15) is 32.2 Å². The highest BCUT2D eigenvalue weighted by Gasteiger charge is 2.34. The number of carbonyl (C=O) groups excluding carboxylic acids is 2. The van der Waals surface area contributed by atoms with Crippen LogP contribution in [-0.4, -0.2) is 34.0 Å². The van der Waals surface area contributed by atoms with E-state index in [2.05, 4.69) is 4.98 Å². The molecular formula is C15H14N2O3S. The maximum absolute atomic E-state index is 12.2. The summed E-state index contributed by atoms with van der Waals surface area (Å²) in [6.07, 6.45) is 0. The van der Waals surface area contributed by atoms with Crippen molar-refractivity contribution in [3.8, 4) is 0 Å². The fourth-order valence-electron chi connectivity index (χ4n) is 2.17. The van der Waals surface area contributed by atoms with Gasteiger partial charge in [0.2, 0.25) is 0 Å². The highest BCUT2D eigenvalue weighted by atomic mass is 32.2. The first-order valence-corrected chi connectivity index (χ1v) is 7.58. The molecule has 2 aromatic rings. The van der Waals surface area contributed by atoms with Crippen LogP contribution in [0.25, 0.3) is 0 Å². The second-order valence-electron chi connectivity index (χ2n) is 4.78. The standard InChI is InChI=1S/C15H14N2O3S/c1-9-10(2)20-15(16-9)21-8-7-17-13(18)11-5-3-4-6-12(11)14(17)19/h3-6H,7-8H2,1-2H3. The minimum atomic E-state index is -0.226. The van der Waals surface area contributed by atoms with Crippen molar-refractivity contribution in [1.82, 2.24) is 9.88 Å². The number of thioether (sulfide) groups is 1. The van der Waals surface area contributed by atoms with Crippen molar-refractivity contribution in [2.45, 2.75) is 19.1 Å². The lowest BCUT2D eigenvalue weighted by Gasteiger charge is -2.12. The zero-order chi connectivity index (χ0) is 15.0. The minimum absolute atomic E-state index is 0.226. The highest BCUT2D eigenvalue weighted by molar-refractivity contribution is 7.99. The number of oxazole rings is 1. The summed E-state index contributed by atoms with van der Waals surface area (Å²) in [5.74, 6) is 0.898. The van der Waals surface area contributed by atoms with Gasteiger partial charge in [-0.3, -0.25) is 14.5 Å². The third-order valence-electron chi connectivity index (χ3n) is 3.43. The predicted octanol–water partition coefficient (Wildman–Crippen LogP) is 2.68. The largest absolute Gasteiger partial charge is 0.437 e. The Balaban J connectivity index is 1.64. The Morgan fingerprint density at radius 3 is 2.29 bits per heavy atom. The summed E-state index contributed by atoms with van der Waals surface area (Å²) in [6.45, 7) is 4.08. The first-order valence-electron chi connectivity index (χ1n) is 6.60. The van der Waals surface area contributed by atoms with Crippen LogP contribution in [0.15, 0.2) is 33.9 Å². The number of rotatable bonds is 4. The molecular weight excluding hydrogens is 288 g/mol. The summed E-state index contributed by atoms with van der Waals surface area (Å²) in [7, 11) is 0. The summed E-state index contributed by atoms with van der Waals surface area (Å²) in [4.78, 5) is 29.9. The van der Waals surface area contributed by atoms with Gasteiger partial charge < -0.3 is 4.42 Å². The van der Waals surface area contributed by atoms with Crippen LogP contribution < -0.4 is 0 Å². The van der Waals surface area contributed by atoms with Crippen LogP contribution in [0.5, 0.6) is 0 Å². The summed E-state index contributed by atoms with van der Waals surface area (Å²) in [5.41, 5.74) is 1.82. The van der Waals surface area contributed by atoms with Crippen LogP contribution in [0, 0.1) is 13.8 Å². The molecule has 1 aromatic heterocycles. The fraction of sp³-hybridized carbons (Fsp3) is 0.267. The van der Waals surface area contributed by atoms with Crippen LogP contribution in [0.3, 0.4) is 0 Å². The number of hydrogen-bond acceptors (Lipinski definition) is 5. The Morgan fingerprint density at radius 1 is 1.14 bits per heavy atom. The van der Waals surface area contributed by atoms with Crippen LogP contribution >= 0.6 is 11.8 Å². The van der Waals surface area contributed by atoms with Gasteiger partial charge in [-0.05, 0) is 26.0 Å². The van der Waals surface area contributed by atoms with Gasteiger partial charge in [-0.2, -0.15) is 0 Å². The van der Waals surface area contributed by atoms with E-state index in [1.807, 2.05) is 13.8 Å². The van der Waals surface area contributed by atoms with Gasteiger partial charge in [-0.1, -0.05) is 23.9 Å². The highest BCUT2D eigenvalue weighted by Crippen LogP contribution is 2.24. The third kappa shape index (κ3) is 2.47. The molecule has 0 atom stereocenters. The first kappa shape index (κ1) is 13.9. The molecule has 0 aliphatic carbocycles. The van der Waals surface area contributed by atoms with E-state index in [9.17, 15) is 9.59 Å². The second kappa shape index (κ2) is 5.37. The maximum atomic E-state index is 12.2. The molecule has 3 rings (SSSR count). The van der Waals surface area contributed by atoms with Crippen LogP contribution in [-0.2, 0) is 0 Å². The molecule has 0 unspecified atom stereocenters. The molecule has 108 valence electrons. The van der Waals surface area contributed by atoms with Gasteiger partial charge in [0.1, 0.15) is 5.76 Å². The zero-order valence-corrected chi connectivity index (χ0v) is 12.6. The molecule has 0 radical (unpaired) electrons. The number of imide groups is 1. The summed E-state index contributed by atoms with van der Waals surface area (Å²) in [5, 5.41) is 0.571. The van der Waals surface area contributed by atoms with Gasteiger partial charge in [0.25, 0.3) is 17.0 Å². The molecule has 1 aliphatic rings. The molecule has 0 N–H and O–H groups in total. The molecule has 6 heteroatoms. The molecule has 21 heavy (non-hydrogen) atoms. The quantitative estimate of drug-likeness (QED) is 0.642. The molecule has 0 saturated heterocycles. The van der Waals surface area contributed by atoms with Gasteiger partial charge in [-0.25, -0.2) is 4.98 Å². The average molecular weight is 302 g/mol. The SMILES string of the molecule is Cc1nc(SCCN2C(=O)c3ccccc3C2=O)oc1C. The monoisotopic (exact) mass is 302 g/mol. The van der Waals surface area contributed by atoms with Crippen molar-refractivity contribution >= 4 is 23.6 Å². The predicted molar refractivity (Wildman–Crippen MR) is 78.5 cm³/mol. The van der Waals surface area contributed by atoms with E-state index in [0.29, 0.717) is 28.6 Å². The Labute approximate surface area is 126 Å². The number of aryl methyl sites for hydroxylation is 2. The molecule has 5 nitrogen and oxygen atoms in total. The lowest BCUT2D eigenvalue weighted by atomic mass is 10.1. The van der Waals surface area contributed by atoms with Gasteiger partial charge in [0, 0.05) is 12.3 Å². The summed E-state index contributed by atoms with van der Waals surface area (Å²) >= 11 is 1.40. The summed E-state index contributed by atoms with van der Waals surface area (Å²) in [6, 6.07) is 6.90. The number of fused-ring (bicyclic) bond motifs is 1. The Kier molecular flexibility index (Phi) is 3.55. The van der Waals surface area contributed by atoms with Gasteiger partial charge in [0.15, 0.2) is 0 Å². The number of hydrogen-bond donors (Lipinski definition) is 0. The van der Waals surface area contributed by atoms with Crippen LogP contribution in [0.2, 0.25) is 0 Å². The van der Waals surface area contributed by atoms with Crippen molar-refractivity contribution < 1.29 is 14.0 Å². The zero-order valence-electron chi connectivity index (χ0n) is 11.8. The normalized spacial score (nSPS) is 13.9. The van der Waals surface area contributed by atoms with E-state index < -0.39 is 0 Å². The van der Waals surface area contributed by atoms with Gasteiger partial charge in [-0.15, -0.1) is 0 Å². The van der Waals surface area contributed by atoms with Crippen molar-refractivity contribution in [3.05, 3.63) is 46.8 Å². The third-order valence-corrected chi connectivity index (χ3v) is 4.24. The lowest BCUT2D eigenvalue weighted by molar-refractivity contribution is 0.0664. The molecule has 0 bridgehead atoms. The van der Waals surface area contributed by atoms with Gasteiger partial charge in [0.05, 0.1) is 16.8 Å². The van der Waals surface area contributed by atoms with E-state index in [0.717, 1.165) is 11.5 Å². The Morgan fingerprint density at radius 2 is 1.76 bits per heavy atom. The molecule has 1 aromatic carbocycles. The van der Waals surface area contributed by atoms with Gasteiger partial charge >= 0.3 is 0 Å². The Hall–Kier alpha value is -2.08. The number of benzene rings is 1. The van der Waals surface area contributed by atoms with Crippen molar-refractivity contribution in [2.24, 2.45) is 0 Å². The lowest BCUT2D eigenvalue weighted by Crippen LogP contribution is -2.31. The molecule has 0 spiro atoms. The minimum Gasteiger partial charge on any atom is -0.437 e. The van der Waals surface area contributed by atoms with Crippen LogP contribution in [0.4, 0.5) is 0 Å². The molecule has 1 aliphatic heterocycles. The number of aromatic nitrogens is 1. The fourth-order valence-corrected chi connectivity index (χ4v) is 3.01. The molecule has 2 heterocycles. The molecule has 0 fully saturated rings. The van der Waals surface area contributed by atoms with E-state index in [4.69, 9.17) is 4.42 Å². The molecule has 0 saturated carbocycles. The first-order chi connectivity index (χ1) is 10.1. The van der Waals surface area contributed by atoms with E-state index in [1.54, 1.807) is 24.3 Å². The van der Waals surface area contributed by atoms with E-state index in [1.165, 1.54) is 16.7 Å². The van der Waals surface area contributed by atoms with Crippen molar-refractivity contribution in [3.63, 3.8) is 0 Å². The van der Waals surface area contributed by atoms with E-state index >= 15 is 0 Å². The number of amides is 2. The van der Waals surface area contributed by atoms with Crippen molar-refractivity contribution in [2.75, 3.05) is 12.3 Å². The number of nitrogens with zero attached hydrogens (tertiary/aromatic N) is 2. The summed E-state index contributed by atoms with van der Waals surface area (Å²) < 4.78 is 5.46. The smallest absolute Gasteiger partial charge is 0.261 e. The second-order valence-corrected chi connectivity index (χ2v) is 5.82. The average Bonchev–Trinajstić information content (AvgIpc) is 2.92. The van der Waals surface area contributed by atoms with Crippen molar-refractivity contribution in [1.29, 1.82) is 0 Å². The number of carbonyl (C=O) groups is 2. The maximum Gasteiger partial charge on any atom is 0.261 e. The van der Waals surface area contributed by atoms with E-state index in [-0.39, 0.29) is 11.8 Å².